The third-order valence-corrected chi connectivity index (χ3v) is 3.28. The van der Waals surface area contributed by atoms with Crippen LogP contribution in [0.3, 0.4) is 0 Å². The highest BCUT2D eigenvalue weighted by Crippen LogP contribution is 2.40. The summed E-state index contributed by atoms with van der Waals surface area (Å²) in [7, 11) is 1.91. The van der Waals surface area contributed by atoms with E-state index in [0.29, 0.717) is 5.92 Å². The molecule has 3 rings (SSSR count). The van der Waals surface area contributed by atoms with Crippen molar-refractivity contribution in [2.24, 2.45) is 0 Å². The van der Waals surface area contributed by atoms with Crippen molar-refractivity contribution in [3.8, 4) is 0 Å². The molecule has 0 aromatic carbocycles. The molecule has 4 heteroatoms. The number of imidazole rings is 1. The molecule has 0 radical (unpaired) electrons. The summed E-state index contributed by atoms with van der Waals surface area (Å²) in [4.78, 5) is 4.53. The van der Waals surface area contributed by atoms with Gasteiger partial charge >= 0.3 is 0 Å². The Kier molecular flexibility index (Phi) is 2.61. The maximum absolute atomic E-state index is 9.43. The second-order valence-electron chi connectivity index (χ2n) is 4.72. The number of pyridine rings is 1. The van der Waals surface area contributed by atoms with Crippen LogP contribution in [0.2, 0.25) is 0 Å². The highest BCUT2D eigenvalue weighted by atomic mass is 16.3. The van der Waals surface area contributed by atoms with Gasteiger partial charge in [-0.1, -0.05) is 0 Å². The first-order valence-corrected chi connectivity index (χ1v) is 6.07. The predicted octanol–water partition coefficient (Wildman–Crippen LogP) is 1.42. The zero-order valence-electron chi connectivity index (χ0n) is 9.98. The Bertz CT molecular complexity index is 543. The molecule has 1 saturated carbocycles. The summed E-state index contributed by atoms with van der Waals surface area (Å²) in [6.07, 6.45) is 6.73. The number of nitrogens with zero attached hydrogens (tertiary/aromatic N) is 2. The average Bonchev–Trinajstić information content (AvgIpc) is 3.09. The van der Waals surface area contributed by atoms with Crippen molar-refractivity contribution < 1.29 is 5.11 Å². The summed E-state index contributed by atoms with van der Waals surface area (Å²) >= 11 is 0. The van der Waals surface area contributed by atoms with E-state index in [1.807, 2.05) is 17.6 Å². The Hall–Kier alpha value is -1.39. The predicted molar refractivity (Wildman–Crippen MR) is 65.9 cm³/mol. The van der Waals surface area contributed by atoms with Crippen LogP contribution in [0.1, 0.15) is 35.6 Å². The minimum absolute atomic E-state index is 0.0556. The molecule has 0 bridgehead atoms. The molecule has 0 aliphatic heterocycles. The fourth-order valence-corrected chi connectivity index (χ4v) is 2.27. The van der Waals surface area contributed by atoms with Gasteiger partial charge in [-0.3, -0.25) is 0 Å². The summed E-state index contributed by atoms with van der Waals surface area (Å²) in [6.45, 7) is 0.811. The molecule has 2 N–H and O–H groups in total. The molecular formula is C13H17N3O. The number of hydrogen-bond donors (Lipinski definition) is 2. The van der Waals surface area contributed by atoms with Crippen molar-refractivity contribution in [3.05, 3.63) is 35.3 Å². The molecule has 0 spiro atoms. The van der Waals surface area contributed by atoms with Crippen molar-refractivity contribution in [1.82, 2.24) is 14.7 Å². The average molecular weight is 231 g/mol. The lowest BCUT2D eigenvalue weighted by molar-refractivity contribution is 0.282. The van der Waals surface area contributed by atoms with Gasteiger partial charge in [0.2, 0.25) is 0 Å². The van der Waals surface area contributed by atoms with Crippen LogP contribution in [0.5, 0.6) is 0 Å². The van der Waals surface area contributed by atoms with Gasteiger partial charge < -0.3 is 14.8 Å². The Balaban J connectivity index is 2.11. The van der Waals surface area contributed by atoms with E-state index in [0.717, 1.165) is 23.4 Å². The van der Waals surface area contributed by atoms with Crippen LogP contribution in [0, 0.1) is 0 Å². The van der Waals surface area contributed by atoms with Crippen LogP contribution >= 0.6 is 0 Å². The molecule has 0 amide bonds. The van der Waals surface area contributed by atoms with E-state index in [1.165, 1.54) is 18.4 Å². The lowest BCUT2D eigenvalue weighted by Crippen LogP contribution is -2.04. The summed E-state index contributed by atoms with van der Waals surface area (Å²) in [5, 5.41) is 12.5. The molecule has 0 unspecified atom stereocenters. The second-order valence-corrected chi connectivity index (χ2v) is 4.72. The molecule has 2 aromatic rings. The van der Waals surface area contributed by atoms with Crippen molar-refractivity contribution in [2.75, 3.05) is 7.05 Å². The van der Waals surface area contributed by atoms with Gasteiger partial charge in [-0.15, -0.1) is 0 Å². The van der Waals surface area contributed by atoms with Crippen LogP contribution in [-0.4, -0.2) is 21.5 Å². The molecule has 1 aliphatic rings. The maximum atomic E-state index is 9.43. The third-order valence-electron chi connectivity index (χ3n) is 3.28. The van der Waals surface area contributed by atoms with E-state index >= 15 is 0 Å². The summed E-state index contributed by atoms with van der Waals surface area (Å²) < 4.78 is 2.05. The molecule has 1 fully saturated rings. The molecule has 0 atom stereocenters. The molecule has 2 heterocycles. The number of fused-ring (bicyclic) bond motifs is 1. The number of aliphatic hydroxyl groups is 1. The van der Waals surface area contributed by atoms with Gasteiger partial charge in [-0.05, 0) is 37.4 Å². The maximum Gasteiger partial charge on any atom is 0.142 e. The van der Waals surface area contributed by atoms with E-state index in [-0.39, 0.29) is 6.61 Å². The number of aliphatic hydroxyl groups excluding tert-OH is 1. The zero-order valence-corrected chi connectivity index (χ0v) is 9.98. The lowest BCUT2D eigenvalue weighted by Gasteiger charge is -2.04. The Morgan fingerprint density at radius 3 is 2.94 bits per heavy atom. The van der Waals surface area contributed by atoms with E-state index in [9.17, 15) is 5.11 Å². The number of nitrogens with one attached hydrogen (secondary N) is 1. The van der Waals surface area contributed by atoms with Crippen LogP contribution < -0.4 is 5.32 Å². The van der Waals surface area contributed by atoms with Gasteiger partial charge in [-0.2, -0.15) is 0 Å². The summed E-state index contributed by atoms with van der Waals surface area (Å²) in [6, 6.07) is 2.10. The van der Waals surface area contributed by atoms with Crippen LogP contribution in [0.25, 0.3) is 5.65 Å². The molecular weight excluding hydrogens is 214 g/mol. The van der Waals surface area contributed by atoms with Gasteiger partial charge in [0.15, 0.2) is 0 Å². The van der Waals surface area contributed by atoms with Crippen LogP contribution in [0.4, 0.5) is 0 Å². The van der Waals surface area contributed by atoms with Crippen molar-refractivity contribution in [1.29, 1.82) is 0 Å². The third kappa shape index (κ3) is 1.94. The van der Waals surface area contributed by atoms with Crippen molar-refractivity contribution in [3.63, 3.8) is 0 Å². The normalized spacial score (nSPS) is 15.6. The minimum atomic E-state index is 0.0556. The SMILES string of the molecule is CNCc1cn2cc(C3CC3)cc(CO)c2n1. The first-order chi connectivity index (χ1) is 8.31. The van der Waals surface area contributed by atoms with E-state index < -0.39 is 0 Å². The fourth-order valence-electron chi connectivity index (χ4n) is 2.27. The van der Waals surface area contributed by atoms with Crippen molar-refractivity contribution >= 4 is 5.65 Å². The van der Waals surface area contributed by atoms with Crippen LogP contribution in [-0.2, 0) is 13.2 Å². The number of rotatable bonds is 4. The first-order valence-electron chi connectivity index (χ1n) is 6.07. The van der Waals surface area contributed by atoms with Gasteiger partial charge in [0.25, 0.3) is 0 Å². The molecule has 4 nitrogen and oxygen atoms in total. The smallest absolute Gasteiger partial charge is 0.142 e. The van der Waals surface area contributed by atoms with E-state index in [1.54, 1.807) is 0 Å². The number of aromatic nitrogens is 2. The van der Waals surface area contributed by atoms with Gasteiger partial charge in [0.1, 0.15) is 5.65 Å². The highest BCUT2D eigenvalue weighted by Gasteiger charge is 2.24. The zero-order chi connectivity index (χ0) is 11.8. The Morgan fingerprint density at radius 1 is 1.47 bits per heavy atom. The van der Waals surface area contributed by atoms with Crippen LogP contribution in [0.15, 0.2) is 18.5 Å². The molecule has 0 saturated heterocycles. The van der Waals surface area contributed by atoms with Gasteiger partial charge in [-0.25, -0.2) is 4.98 Å². The Morgan fingerprint density at radius 2 is 2.29 bits per heavy atom. The molecule has 1 aliphatic carbocycles. The standard InChI is InChI=1S/C13H17N3O/c1-14-5-12-7-16-6-10(9-2-3-9)4-11(8-17)13(16)15-12/h4,6-7,9,14,17H,2-3,5,8H2,1H3. The first kappa shape index (κ1) is 10.7. The second kappa shape index (κ2) is 4.13. The largest absolute Gasteiger partial charge is 0.392 e. The Labute approximate surface area is 100 Å². The minimum Gasteiger partial charge on any atom is -0.392 e. The topological polar surface area (TPSA) is 49.6 Å². The van der Waals surface area contributed by atoms with E-state index in [2.05, 4.69) is 22.6 Å². The quantitative estimate of drug-likeness (QED) is 0.836. The lowest BCUT2D eigenvalue weighted by atomic mass is 10.1. The van der Waals surface area contributed by atoms with Crippen molar-refractivity contribution in [2.45, 2.75) is 31.9 Å². The highest BCUT2D eigenvalue weighted by molar-refractivity contribution is 5.51. The monoisotopic (exact) mass is 231 g/mol. The van der Waals surface area contributed by atoms with E-state index in [4.69, 9.17) is 0 Å². The summed E-state index contributed by atoms with van der Waals surface area (Å²) in [5.41, 5.74) is 4.14. The molecule has 17 heavy (non-hydrogen) atoms. The van der Waals surface area contributed by atoms with Gasteiger partial charge in [0.05, 0.1) is 12.3 Å². The molecule has 2 aromatic heterocycles. The van der Waals surface area contributed by atoms with Gasteiger partial charge in [0, 0.05) is 24.5 Å². The molecule has 90 valence electrons. The summed E-state index contributed by atoms with van der Waals surface area (Å²) in [5.74, 6) is 0.694. The fraction of sp³-hybridized carbons (Fsp3) is 0.462. The number of hydrogen-bond acceptors (Lipinski definition) is 3.